The van der Waals surface area contributed by atoms with Crippen LogP contribution in [0.25, 0.3) is 10.8 Å². The fraction of sp³-hybridized carbons (Fsp3) is 0.385. The van der Waals surface area contributed by atoms with Gasteiger partial charge in [0, 0.05) is 11.3 Å². The second-order valence-electron chi connectivity index (χ2n) is 4.00. The molecule has 0 saturated heterocycles. The predicted molar refractivity (Wildman–Crippen MR) is 65.7 cm³/mol. The third-order valence-electron chi connectivity index (χ3n) is 3.10. The van der Waals surface area contributed by atoms with Crippen LogP contribution in [0.5, 0.6) is 0 Å². The average molecular weight is 216 g/mol. The number of rotatable bonds is 3. The Bertz CT molecular complexity index is 541. The van der Waals surface area contributed by atoms with Crippen LogP contribution in [0.1, 0.15) is 38.3 Å². The van der Waals surface area contributed by atoms with Gasteiger partial charge in [0.2, 0.25) is 0 Å². The Morgan fingerprint density at radius 3 is 2.44 bits per heavy atom. The molecule has 2 aromatic rings. The molecular formula is C13H16N2O. The summed E-state index contributed by atoms with van der Waals surface area (Å²) in [6.45, 7) is 4.30. The van der Waals surface area contributed by atoms with Crippen LogP contribution in [-0.4, -0.2) is 10.2 Å². The van der Waals surface area contributed by atoms with Crippen molar-refractivity contribution in [3.05, 3.63) is 40.3 Å². The molecule has 1 aromatic carbocycles. The predicted octanol–water partition coefficient (Wildman–Crippen LogP) is 2.83. The number of hydrogen-bond donors (Lipinski definition) is 1. The lowest BCUT2D eigenvalue weighted by Crippen LogP contribution is -2.13. The van der Waals surface area contributed by atoms with Crippen molar-refractivity contribution in [3.8, 4) is 0 Å². The molecule has 0 aliphatic heterocycles. The first-order valence-corrected chi connectivity index (χ1v) is 5.75. The molecule has 0 fully saturated rings. The maximum Gasteiger partial charge on any atom is 0.272 e. The number of aromatic nitrogens is 2. The van der Waals surface area contributed by atoms with Crippen LogP contribution in [-0.2, 0) is 0 Å². The molecule has 0 atom stereocenters. The number of benzene rings is 1. The Balaban J connectivity index is 2.71. The summed E-state index contributed by atoms with van der Waals surface area (Å²) in [5, 5.41) is 8.52. The topological polar surface area (TPSA) is 45.8 Å². The molecule has 3 nitrogen and oxygen atoms in total. The van der Waals surface area contributed by atoms with E-state index in [2.05, 4.69) is 24.0 Å². The molecule has 84 valence electrons. The highest BCUT2D eigenvalue weighted by Crippen LogP contribution is 2.25. The van der Waals surface area contributed by atoms with Crippen molar-refractivity contribution < 1.29 is 0 Å². The van der Waals surface area contributed by atoms with Gasteiger partial charge in [-0.2, -0.15) is 5.10 Å². The molecule has 3 heteroatoms. The number of nitrogens with one attached hydrogen (secondary N) is 1. The van der Waals surface area contributed by atoms with Crippen molar-refractivity contribution in [1.29, 1.82) is 0 Å². The first-order chi connectivity index (χ1) is 7.77. The lowest BCUT2D eigenvalue weighted by Gasteiger charge is -2.13. The van der Waals surface area contributed by atoms with Gasteiger partial charge in [0.25, 0.3) is 5.56 Å². The average Bonchev–Trinajstić information content (AvgIpc) is 2.34. The Hall–Kier alpha value is -1.64. The summed E-state index contributed by atoms with van der Waals surface area (Å²) in [6, 6.07) is 7.66. The summed E-state index contributed by atoms with van der Waals surface area (Å²) in [5.74, 6) is 0.418. The highest BCUT2D eigenvalue weighted by Gasteiger charge is 2.13. The van der Waals surface area contributed by atoms with Crippen LogP contribution in [0.3, 0.4) is 0 Å². The molecule has 1 N–H and O–H groups in total. The maximum absolute atomic E-state index is 11.6. The number of aromatic amines is 1. The smallest absolute Gasteiger partial charge is 0.267 e. The van der Waals surface area contributed by atoms with Crippen LogP contribution in [0.2, 0.25) is 0 Å². The van der Waals surface area contributed by atoms with Gasteiger partial charge >= 0.3 is 0 Å². The summed E-state index contributed by atoms with van der Waals surface area (Å²) in [7, 11) is 0. The van der Waals surface area contributed by atoms with Crippen molar-refractivity contribution in [2.75, 3.05) is 0 Å². The summed E-state index contributed by atoms with van der Waals surface area (Å²) in [6.07, 6.45) is 2.08. The van der Waals surface area contributed by atoms with E-state index in [9.17, 15) is 4.79 Å². The fourth-order valence-corrected chi connectivity index (χ4v) is 2.12. The number of nitrogens with zero attached hydrogens (tertiary/aromatic N) is 1. The molecule has 16 heavy (non-hydrogen) atoms. The van der Waals surface area contributed by atoms with E-state index in [-0.39, 0.29) is 5.56 Å². The third-order valence-corrected chi connectivity index (χ3v) is 3.10. The molecule has 0 aliphatic carbocycles. The molecule has 0 unspecified atom stereocenters. The van der Waals surface area contributed by atoms with Crippen molar-refractivity contribution in [2.45, 2.75) is 32.6 Å². The zero-order valence-electron chi connectivity index (χ0n) is 9.66. The largest absolute Gasteiger partial charge is 0.272 e. The van der Waals surface area contributed by atoms with Gasteiger partial charge in [0.15, 0.2) is 0 Å². The molecule has 1 heterocycles. The van der Waals surface area contributed by atoms with Gasteiger partial charge in [-0.3, -0.25) is 4.79 Å². The van der Waals surface area contributed by atoms with Gasteiger partial charge in [0.1, 0.15) is 0 Å². The van der Waals surface area contributed by atoms with Crippen LogP contribution in [0.15, 0.2) is 29.1 Å². The van der Waals surface area contributed by atoms with Crippen LogP contribution in [0.4, 0.5) is 0 Å². The van der Waals surface area contributed by atoms with Crippen LogP contribution in [0, 0.1) is 0 Å². The highest BCUT2D eigenvalue weighted by molar-refractivity contribution is 5.83. The Kier molecular flexibility index (Phi) is 3.04. The van der Waals surface area contributed by atoms with E-state index in [4.69, 9.17) is 0 Å². The summed E-state index contributed by atoms with van der Waals surface area (Å²) < 4.78 is 0. The minimum Gasteiger partial charge on any atom is -0.267 e. The van der Waals surface area contributed by atoms with Crippen molar-refractivity contribution in [1.82, 2.24) is 10.2 Å². The lowest BCUT2D eigenvalue weighted by molar-refractivity contribution is 0.618. The second kappa shape index (κ2) is 4.47. The van der Waals surface area contributed by atoms with Crippen molar-refractivity contribution >= 4 is 10.8 Å². The van der Waals surface area contributed by atoms with E-state index in [1.165, 1.54) is 0 Å². The monoisotopic (exact) mass is 216 g/mol. The number of H-pyrrole nitrogens is 1. The SMILES string of the molecule is CCC(CC)c1n[nH]c(=O)c2ccccc12. The van der Waals surface area contributed by atoms with Gasteiger partial charge in [-0.25, -0.2) is 5.10 Å². The molecule has 1 aromatic heterocycles. The minimum absolute atomic E-state index is 0.106. The maximum atomic E-state index is 11.6. The van der Waals surface area contributed by atoms with Gasteiger partial charge in [-0.15, -0.1) is 0 Å². The first-order valence-electron chi connectivity index (χ1n) is 5.75. The van der Waals surface area contributed by atoms with E-state index in [0.717, 1.165) is 29.3 Å². The van der Waals surface area contributed by atoms with Crippen molar-refractivity contribution in [3.63, 3.8) is 0 Å². The third kappa shape index (κ3) is 1.73. The van der Waals surface area contributed by atoms with Gasteiger partial charge < -0.3 is 0 Å². The molecule has 0 bridgehead atoms. The van der Waals surface area contributed by atoms with Gasteiger partial charge in [0.05, 0.1) is 11.1 Å². The summed E-state index contributed by atoms with van der Waals surface area (Å²) in [5.41, 5.74) is 0.908. The number of fused-ring (bicyclic) bond motifs is 1. The fourth-order valence-electron chi connectivity index (χ4n) is 2.12. The molecule has 0 radical (unpaired) electrons. The minimum atomic E-state index is -0.106. The van der Waals surface area contributed by atoms with Crippen LogP contribution >= 0.6 is 0 Å². The molecule has 0 aliphatic rings. The zero-order valence-corrected chi connectivity index (χ0v) is 9.66. The van der Waals surface area contributed by atoms with E-state index in [1.54, 1.807) is 0 Å². The van der Waals surface area contributed by atoms with Gasteiger partial charge in [-0.05, 0) is 18.9 Å². The Labute approximate surface area is 94.5 Å². The summed E-state index contributed by atoms with van der Waals surface area (Å²) >= 11 is 0. The Morgan fingerprint density at radius 2 is 1.81 bits per heavy atom. The quantitative estimate of drug-likeness (QED) is 0.857. The summed E-state index contributed by atoms with van der Waals surface area (Å²) in [4.78, 5) is 11.6. The first kappa shape index (κ1) is 10.9. The standard InChI is InChI=1S/C13H16N2O/c1-3-9(4-2)12-10-7-5-6-8-11(10)13(16)15-14-12/h5-9H,3-4H2,1-2H3,(H,15,16). The second-order valence-corrected chi connectivity index (χ2v) is 4.00. The van der Waals surface area contributed by atoms with Crippen LogP contribution < -0.4 is 5.56 Å². The van der Waals surface area contributed by atoms with E-state index in [0.29, 0.717) is 5.92 Å². The van der Waals surface area contributed by atoms with Gasteiger partial charge in [-0.1, -0.05) is 32.0 Å². The lowest BCUT2D eigenvalue weighted by atomic mass is 9.95. The van der Waals surface area contributed by atoms with Crippen molar-refractivity contribution in [2.24, 2.45) is 0 Å². The highest BCUT2D eigenvalue weighted by atomic mass is 16.1. The Morgan fingerprint density at radius 1 is 1.19 bits per heavy atom. The molecule has 0 spiro atoms. The normalized spacial score (nSPS) is 11.2. The van der Waals surface area contributed by atoms with E-state index < -0.39 is 0 Å². The molecule has 2 rings (SSSR count). The number of hydrogen-bond acceptors (Lipinski definition) is 2. The molecular weight excluding hydrogens is 200 g/mol. The zero-order chi connectivity index (χ0) is 11.5. The molecule has 0 amide bonds. The van der Waals surface area contributed by atoms with E-state index >= 15 is 0 Å². The van der Waals surface area contributed by atoms with E-state index in [1.807, 2.05) is 24.3 Å². The molecule has 0 saturated carbocycles.